The molecule has 1 N–H and O–H groups in total. The minimum absolute atomic E-state index is 0.0816. The SMILES string of the molecule is Cc1cc(NC(=O)CSc2nnc(-c3cccnc3)n2-c2ccc(F)cc2)no1. The van der Waals surface area contributed by atoms with Gasteiger partial charge >= 0.3 is 0 Å². The summed E-state index contributed by atoms with van der Waals surface area (Å²) < 4.78 is 20.1. The lowest BCUT2D eigenvalue weighted by atomic mass is 10.2. The van der Waals surface area contributed by atoms with E-state index in [-0.39, 0.29) is 17.5 Å². The lowest BCUT2D eigenvalue weighted by molar-refractivity contribution is -0.113. The molecule has 0 aliphatic rings. The maximum absolute atomic E-state index is 13.4. The van der Waals surface area contributed by atoms with Crippen LogP contribution in [0, 0.1) is 12.7 Å². The molecule has 29 heavy (non-hydrogen) atoms. The van der Waals surface area contributed by atoms with Gasteiger partial charge in [-0.2, -0.15) is 0 Å². The largest absolute Gasteiger partial charge is 0.360 e. The van der Waals surface area contributed by atoms with Crippen LogP contribution in [0.4, 0.5) is 10.2 Å². The quantitative estimate of drug-likeness (QED) is 0.486. The van der Waals surface area contributed by atoms with Crippen molar-refractivity contribution >= 4 is 23.5 Å². The number of thioether (sulfide) groups is 1. The zero-order chi connectivity index (χ0) is 20.2. The van der Waals surface area contributed by atoms with Gasteiger partial charge < -0.3 is 9.84 Å². The van der Waals surface area contributed by atoms with E-state index in [0.717, 1.165) is 5.56 Å². The molecule has 0 aliphatic carbocycles. The molecule has 0 bridgehead atoms. The lowest BCUT2D eigenvalue weighted by Crippen LogP contribution is -2.14. The van der Waals surface area contributed by atoms with Gasteiger partial charge in [-0.15, -0.1) is 10.2 Å². The van der Waals surface area contributed by atoms with E-state index in [1.54, 1.807) is 48.1 Å². The van der Waals surface area contributed by atoms with E-state index >= 15 is 0 Å². The van der Waals surface area contributed by atoms with Gasteiger partial charge in [0, 0.05) is 29.7 Å². The first-order chi connectivity index (χ1) is 14.1. The van der Waals surface area contributed by atoms with Gasteiger partial charge in [0.15, 0.2) is 16.8 Å². The van der Waals surface area contributed by atoms with Gasteiger partial charge in [-0.05, 0) is 43.3 Å². The molecule has 4 aromatic rings. The summed E-state index contributed by atoms with van der Waals surface area (Å²) in [6.07, 6.45) is 3.33. The fraction of sp³-hybridized carbons (Fsp3) is 0.105. The van der Waals surface area contributed by atoms with Gasteiger partial charge in [0.25, 0.3) is 0 Å². The Bertz CT molecular complexity index is 1130. The molecule has 8 nitrogen and oxygen atoms in total. The van der Waals surface area contributed by atoms with Gasteiger partial charge in [-0.25, -0.2) is 4.39 Å². The topological polar surface area (TPSA) is 98.7 Å². The smallest absolute Gasteiger partial charge is 0.236 e. The number of hydrogen-bond acceptors (Lipinski definition) is 7. The summed E-state index contributed by atoms with van der Waals surface area (Å²) in [5.41, 5.74) is 1.42. The number of amides is 1. The molecule has 0 atom stereocenters. The molecule has 0 spiro atoms. The van der Waals surface area contributed by atoms with E-state index in [4.69, 9.17) is 4.52 Å². The van der Waals surface area contributed by atoms with Crippen LogP contribution in [-0.2, 0) is 4.79 Å². The predicted molar refractivity (Wildman–Crippen MR) is 105 cm³/mol. The maximum atomic E-state index is 13.4. The van der Waals surface area contributed by atoms with Crippen LogP contribution in [0.5, 0.6) is 0 Å². The Labute approximate surface area is 169 Å². The molecule has 0 fully saturated rings. The van der Waals surface area contributed by atoms with Gasteiger partial charge in [0.05, 0.1) is 5.75 Å². The number of rotatable bonds is 6. The third-order valence-electron chi connectivity index (χ3n) is 3.87. The fourth-order valence-electron chi connectivity index (χ4n) is 2.60. The van der Waals surface area contributed by atoms with Crippen molar-refractivity contribution in [1.82, 2.24) is 24.9 Å². The highest BCUT2D eigenvalue weighted by Crippen LogP contribution is 2.27. The van der Waals surface area contributed by atoms with Crippen molar-refractivity contribution in [3.63, 3.8) is 0 Å². The summed E-state index contributed by atoms with van der Waals surface area (Å²) in [4.78, 5) is 16.3. The first kappa shape index (κ1) is 18.8. The van der Waals surface area contributed by atoms with Crippen LogP contribution < -0.4 is 5.32 Å². The summed E-state index contributed by atoms with van der Waals surface area (Å²) in [5.74, 6) is 0.966. The van der Waals surface area contributed by atoms with Crippen LogP contribution in [0.25, 0.3) is 17.1 Å². The van der Waals surface area contributed by atoms with Crippen LogP contribution in [0.15, 0.2) is 64.5 Å². The van der Waals surface area contributed by atoms with Crippen molar-refractivity contribution in [1.29, 1.82) is 0 Å². The highest BCUT2D eigenvalue weighted by Gasteiger charge is 2.18. The number of hydrogen-bond donors (Lipinski definition) is 1. The summed E-state index contributed by atoms with van der Waals surface area (Å²) in [5, 5.41) is 15.3. The van der Waals surface area contributed by atoms with Crippen LogP contribution >= 0.6 is 11.8 Å². The number of carbonyl (C=O) groups excluding carboxylic acids is 1. The summed E-state index contributed by atoms with van der Waals surface area (Å²) >= 11 is 1.20. The number of carbonyl (C=O) groups is 1. The Morgan fingerprint density at radius 3 is 2.76 bits per heavy atom. The Balaban J connectivity index is 1.60. The van der Waals surface area contributed by atoms with Crippen LogP contribution in [0.1, 0.15) is 5.76 Å². The summed E-state index contributed by atoms with van der Waals surface area (Å²) in [6.45, 7) is 1.74. The molecular formula is C19H15FN6O2S. The number of aromatic nitrogens is 5. The van der Waals surface area contributed by atoms with Crippen molar-refractivity contribution in [3.05, 3.63) is 66.4 Å². The molecule has 0 aliphatic heterocycles. The van der Waals surface area contributed by atoms with Gasteiger partial charge in [-0.3, -0.25) is 14.3 Å². The van der Waals surface area contributed by atoms with E-state index in [9.17, 15) is 9.18 Å². The van der Waals surface area contributed by atoms with E-state index in [1.165, 1.54) is 23.9 Å². The normalized spacial score (nSPS) is 10.8. The van der Waals surface area contributed by atoms with Crippen molar-refractivity contribution in [2.75, 3.05) is 11.1 Å². The summed E-state index contributed by atoms with van der Waals surface area (Å²) in [6, 6.07) is 11.2. The molecule has 1 aromatic carbocycles. The number of pyridine rings is 1. The standard InChI is InChI=1S/C19H15FN6O2S/c1-12-9-16(25-28-12)22-17(27)11-29-19-24-23-18(13-3-2-8-21-10-13)26(19)15-6-4-14(20)5-7-15/h2-10H,11H2,1H3,(H,22,25,27). The molecule has 0 saturated carbocycles. The second-order valence-corrected chi connectivity index (χ2v) is 6.96. The zero-order valence-electron chi connectivity index (χ0n) is 15.2. The fourth-order valence-corrected chi connectivity index (χ4v) is 3.35. The molecule has 0 radical (unpaired) electrons. The first-order valence-corrected chi connectivity index (χ1v) is 9.56. The van der Waals surface area contributed by atoms with Crippen LogP contribution in [-0.4, -0.2) is 36.6 Å². The Hall–Kier alpha value is -3.53. The molecular weight excluding hydrogens is 395 g/mol. The van der Waals surface area contributed by atoms with Crippen molar-refractivity contribution < 1.29 is 13.7 Å². The number of halogens is 1. The average molecular weight is 410 g/mol. The number of aryl methyl sites for hydroxylation is 1. The van der Waals surface area contributed by atoms with Crippen LogP contribution in [0.3, 0.4) is 0 Å². The van der Waals surface area contributed by atoms with Gasteiger partial charge in [0.1, 0.15) is 11.6 Å². The molecule has 10 heteroatoms. The molecule has 3 heterocycles. The maximum Gasteiger partial charge on any atom is 0.236 e. The van der Waals surface area contributed by atoms with Gasteiger partial charge in [-0.1, -0.05) is 16.9 Å². The monoisotopic (exact) mass is 410 g/mol. The van der Waals surface area contributed by atoms with E-state index in [2.05, 4.69) is 25.7 Å². The predicted octanol–water partition coefficient (Wildman–Crippen LogP) is 3.50. The molecule has 146 valence electrons. The summed E-state index contributed by atoms with van der Waals surface area (Å²) in [7, 11) is 0. The number of benzene rings is 1. The molecule has 1 amide bonds. The van der Waals surface area contributed by atoms with Crippen molar-refractivity contribution in [3.8, 4) is 17.1 Å². The van der Waals surface area contributed by atoms with Crippen molar-refractivity contribution in [2.24, 2.45) is 0 Å². The third-order valence-corrected chi connectivity index (χ3v) is 4.79. The zero-order valence-corrected chi connectivity index (χ0v) is 16.1. The average Bonchev–Trinajstić information content (AvgIpc) is 3.34. The van der Waals surface area contributed by atoms with E-state index < -0.39 is 0 Å². The Morgan fingerprint density at radius 1 is 1.24 bits per heavy atom. The minimum atomic E-state index is -0.346. The van der Waals surface area contributed by atoms with E-state index in [0.29, 0.717) is 28.2 Å². The number of nitrogens with one attached hydrogen (secondary N) is 1. The van der Waals surface area contributed by atoms with E-state index in [1.807, 2.05) is 6.07 Å². The highest BCUT2D eigenvalue weighted by atomic mass is 32.2. The number of nitrogens with zero attached hydrogens (tertiary/aromatic N) is 5. The molecule has 0 saturated heterocycles. The first-order valence-electron chi connectivity index (χ1n) is 8.58. The minimum Gasteiger partial charge on any atom is -0.360 e. The second kappa shape index (κ2) is 8.23. The van der Waals surface area contributed by atoms with Crippen molar-refractivity contribution in [2.45, 2.75) is 12.1 Å². The van der Waals surface area contributed by atoms with Gasteiger partial charge in [0.2, 0.25) is 5.91 Å². The highest BCUT2D eigenvalue weighted by molar-refractivity contribution is 7.99. The number of anilines is 1. The molecule has 0 unspecified atom stereocenters. The third kappa shape index (κ3) is 4.32. The second-order valence-electron chi connectivity index (χ2n) is 6.02. The lowest BCUT2D eigenvalue weighted by Gasteiger charge is -2.10. The molecule has 3 aromatic heterocycles. The Kier molecular flexibility index (Phi) is 5.34. The van der Waals surface area contributed by atoms with Crippen LogP contribution in [0.2, 0.25) is 0 Å². The molecule has 4 rings (SSSR count). The Morgan fingerprint density at radius 2 is 2.07 bits per heavy atom.